The number of aromatic hydroxyl groups is 9. The summed E-state index contributed by atoms with van der Waals surface area (Å²) in [6, 6.07) is 2.60. The molecule has 18 heteroatoms. The minimum absolute atomic E-state index is 0.457. The van der Waals surface area contributed by atoms with Gasteiger partial charge < -0.3 is 75.1 Å². The number of esters is 3. The molecule has 45 heavy (non-hydrogen) atoms. The summed E-state index contributed by atoms with van der Waals surface area (Å²) >= 11 is 0. The van der Waals surface area contributed by atoms with Gasteiger partial charge in [0.05, 0.1) is 16.7 Å². The number of hydrogen-bond donors (Lipinski definition) is 11. The van der Waals surface area contributed by atoms with Crippen LogP contribution >= 0.6 is 0 Å². The summed E-state index contributed by atoms with van der Waals surface area (Å²) < 4.78 is 20.9. The summed E-state index contributed by atoms with van der Waals surface area (Å²) in [5.41, 5.74) is -3.92. The third-order valence-corrected chi connectivity index (χ3v) is 6.99. The number of rotatable bonds is 3. The molecule has 0 radical (unpaired) electrons. The van der Waals surface area contributed by atoms with E-state index in [0.29, 0.717) is 12.1 Å². The highest BCUT2D eigenvalue weighted by Gasteiger charge is 2.50. The molecule has 5 atom stereocenters. The fourth-order valence-corrected chi connectivity index (χ4v) is 4.70. The lowest BCUT2D eigenvalue weighted by molar-refractivity contribution is -0.284. The quantitative estimate of drug-likeness (QED) is 0.100. The number of hydrogen-bond acceptors (Lipinski definition) is 18. The van der Waals surface area contributed by atoms with Crippen molar-refractivity contribution in [3.63, 3.8) is 0 Å². The van der Waals surface area contributed by atoms with Crippen LogP contribution in [0, 0.1) is 0 Å². The molecule has 2 aliphatic heterocycles. The number of aliphatic hydroxyl groups excluding tert-OH is 2. The molecule has 1 saturated heterocycles. The monoisotopic (exact) mass is 634 g/mol. The molecule has 11 N–H and O–H groups in total. The average Bonchev–Trinajstić information content (AvgIpc) is 2.99. The molecular weight excluding hydrogens is 612 g/mol. The van der Waals surface area contributed by atoms with E-state index in [0.717, 1.165) is 12.1 Å². The summed E-state index contributed by atoms with van der Waals surface area (Å²) in [6.07, 6.45) is -10.0. The average molecular weight is 634 g/mol. The Bertz CT molecular complexity index is 1720. The van der Waals surface area contributed by atoms with Gasteiger partial charge in [0.15, 0.2) is 46.4 Å². The van der Waals surface area contributed by atoms with Gasteiger partial charge in [0.1, 0.15) is 24.9 Å². The van der Waals surface area contributed by atoms with E-state index >= 15 is 0 Å². The van der Waals surface area contributed by atoms with Crippen molar-refractivity contribution >= 4 is 17.9 Å². The van der Waals surface area contributed by atoms with Gasteiger partial charge in [-0.3, -0.25) is 0 Å². The van der Waals surface area contributed by atoms with Crippen LogP contribution in [-0.2, 0) is 18.9 Å². The first-order valence-electron chi connectivity index (χ1n) is 12.5. The maximum Gasteiger partial charge on any atom is 0.341 e. The third kappa shape index (κ3) is 5.07. The second-order valence-electron chi connectivity index (χ2n) is 9.79. The van der Waals surface area contributed by atoms with Crippen molar-refractivity contribution in [2.45, 2.75) is 30.7 Å². The van der Waals surface area contributed by atoms with Crippen molar-refractivity contribution in [2.75, 3.05) is 6.61 Å². The van der Waals surface area contributed by atoms with E-state index < -0.39 is 135 Å². The Kier molecular flexibility index (Phi) is 7.49. The predicted molar refractivity (Wildman–Crippen MR) is 139 cm³/mol. The normalized spacial score (nSPS) is 22.7. The van der Waals surface area contributed by atoms with Crippen molar-refractivity contribution in [1.82, 2.24) is 0 Å². The van der Waals surface area contributed by atoms with Gasteiger partial charge in [0.25, 0.3) is 0 Å². The number of fused-ring (bicyclic) bond motifs is 4. The minimum Gasteiger partial charge on any atom is -0.504 e. The predicted octanol–water partition coefficient (Wildman–Crippen LogP) is -0.297. The summed E-state index contributed by atoms with van der Waals surface area (Å²) in [7, 11) is 0. The highest BCUT2D eigenvalue weighted by Crippen LogP contribution is 2.53. The van der Waals surface area contributed by atoms with Crippen molar-refractivity contribution in [3.8, 4) is 62.9 Å². The van der Waals surface area contributed by atoms with E-state index in [2.05, 4.69) is 0 Å². The molecule has 18 nitrogen and oxygen atoms in total. The van der Waals surface area contributed by atoms with Crippen molar-refractivity contribution in [1.29, 1.82) is 0 Å². The number of phenols is 9. The minimum atomic E-state index is -2.14. The molecule has 5 rings (SSSR count). The highest BCUT2D eigenvalue weighted by molar-refractivity contribution is 6.08. The Balaban J connectivity index is 1.53. The zero-order valence-electron chi connectivity index (χ0n) is 22.2. The van der Waals surface area contributed by atoms with Gasteiger partial charge >= 0.3 is 17.9 Å². The smallest absolute Gasteiger partial charge is 0.341 e. The molecule has 3 aromatic rings. The summed E-state index contributed by atoms with van der Waals surface area (Å²) in [4.78, 5) is 39.1. The lowest BCUT2D eigenvalue weighted by Crippen LogP contribution is -2.61. The van der Waals surface area contributed by atoms with Crippen LogP contribution in [0.4, 0.5) is 0 Å². The van der Waals surface area contributed by atoms with Crippen molar-refractivity contribution < 1.29 is 89.5 Å². The topological polar surface area (TPSA) is 311 Å². The Morgan fingerprint density at radius 3 is 1.62 bits per heavy atom. The summed E-state index contributed by atoms with van der Waals surface area (Å²) in [5, 5.41) is 112. The van der Waals surface area contributed by atoms with Gasteiger partial charge in [-0.2, -0.15) is 0 Å². The fraction of sp³-hybridized carbons (Fsp3) is 0.222. The van der Waals surface area contributed by atoms with E-state index in [1.165, 1.54) is 0 Å². The molecule has 0 aromatic heterocycles. The molecule has 3 aromatic carbocycles. The zero-order valence-corrected chi connectivity index (χ0v) is 22.2. The van der Waals surface area contributed by atoms with Crippen LogP contribution in [0.2, 0.25) is 0 Å². The summed E-state index contributed by atoms with van der Waals surface area (Å²) in [5.74, 6) is -14.1. The van der Waals surface area contributed by atoms with Crippen LogP contribution in [0.25, 0.3) is 11.1 Å². The van der Waals surface area contributed by atoms with Crippen molar-refractivity contribution in [2.24, 2.45) is 0 Å². The molecule has 5 unspecified atom stereocenters. The first kappa shape index (κ1) is 30.6. The highest BCUT2D eigenvalue weighted by atomic mass is 16.7. The first-order valence-corrected chi connectivity index (χ1v) is 12.5. The van der Waals surface area contributed by atoms with Gasteiger partial charge in [-0.05, 0) is 24.3 Å². The SMILES string of the molecule is O=C(OCC1OC2OC(=O)c3cc(O)c(O)c(O)c3-c3c(cc(O)c(O)c3O)C(=O)OC2C(O)C1O)c1cc(O)c(O)c(O)c1. The van der Waals surface area contributed by atoms with Crippen LogP contribution < -0.4 is 0 Å². The first-order chi connectivity index (χ1) is 21.1. The molecule has 238 valence electrons. The van der Waals surface area contributed by atoms with Crippen LogP contribution in [0.5, 0.6) is 51.7 Å². The number of ether oxygens (including phenoxy) is 4. The molecular formula is C27H22O18. The fourth-order valence-electron chi connectivity index (χ4n) is 4.70. The standard InChI is InChI=1S/C27H22O18/c28-9-1-6(2-10(29)16(9)32)24(39)42-5-13-19(35)22(38)23-27(43-13)45-26(41)8-4-12(31)18(34)21(37)15(8)14-7(25(40)44-23)3-11(30)17(33)20(14)36/h1-4,13,19,22-23,27-38H,5H2. The molecule has 0 aliphatic carbocycles. The summed E-state index contributed by atoms with van der Waals surface area (Å²) in [6.45, 7) is -0.885. The van der Waals surface area contributed by atoms with Crippen LogP contribution in [-0.4, -0.2) is 111 Å². The molecule has 0 spiro atoms. The zero-order chi connectivity index (χ0) is 33.1. The van der Waals surface area contributed by atoms with Crippen LogP contribution in [0.3, 0.4) is 0 Å². The van der Waals surface area contributed by atoms with Gasteiger partial charge in [0.2, 0.25) is 17.8 Å². The molecule has 2 heterocycles. The third-order valence-electron chi connectivity index (χ3n) is 6.99. The number of aliphatic hydroxyl groups is 2. The van der Waals surface area contributed by atoms with Gasteiger partial charge in [0, 0.05) is 11.1 Å². The Morgan fingerprint density at radius 1 is 0.644 bits per heavy atom. The lowest BCUT2D eigenvalue weighted by atomic mass is 9.91. The number of carbonyl (C=O) groups excluding carboxylic acids is 3. The van der Waals surface area contributed by atoms with E-state index in [-0.39, 0.29) is 0 Å². The van der Waals surface area contributed by atoms with Crippen LogP contribution in [0.1, 0.15) is 31.1 Å². The van der Waals surface area contributed by atoms with Crippen LogP contribution in [0.15, 0.2) is 24.3 Å². The van der Waals surface area contributed by atoms with Gasteiger partial charge in [-0.25, -0.2) is 14.4 Å². The van der Waals surface area contributed by atoms with E-state index in [9.17, 15) is 70.6 Å². The van der Waals surface area contributed by atoms with Gasteiger partial charge in [-0.1, -0.05) is 0 Å². The lowest BCUT2D eigenvalue weighted by Gasteiger charge is -2.41. The maximum atomic E-state index is 13.3. The molecule has 0 amide bonds. The molecule has 2 aliphatic rings. The molecule has 0 bridgehead atoms. The van der Waals surface area contributed by atoms with E-state index in [1.807, 2.05) is 0 Å². The molecule has 1 fully saturated rings. The number of phenolic OH excluding ortho intramolecular Hbond substituents is 9. The number of benzene rings is 3. The largest absolute Gasteiger partial charge is 0.504 e. The Labute approximate surface area is 248 Å². The Morgan fingerprint density at radius 2 is 1.11 bits per heavy atom. The number of carbonyl (C=O) groups is 3. The molecule has 0 saturated carbocycles. The maximum absolute atomic E-state index is 13.3. The van der Waals surface area contributed by atoms with E-state index in [1.54, 1.807) is 0 Å². The second-order valence-corrected chi connectivity index (χ2v) is 9.79. The van der Waals surface area contributed by atoms with Crippen molar-refractivity contribution in [3.05, 3.63) is 41.0 Å². The van der Waals surface area contributed by atoms with Gasteiger partial charge in [-0.15, -0.1) is 0 Å². The second kappa shape index (κ2) is 11.0. The van der Waals surface area contributed by atoms with E-state index in [4.69, 9.17) is 18.9 Å². The Hall–Kier alpha value is -5.85.